The average Bonchev–Trinajstić information content (AvgIpc) is 2.89. The van der Waals surface area contributed by atoms with Crippen LogP contribution in [-0.2, 0) is 9.53 Å². The number of hydrogen-bond acceptors (Lipinski definition) is 7. The van der Waals surface area contributed by atoms with Crippen LogP contribution in [0.5, 0.6) is 5.75 Å². The largest absolute Gasteiger partial charge is 0.497 e. The van der Waals surface area contributed by atoms with Crippen molar-refractivity contribution in [3.63, 3.8) is 0 Å². The van der Waals surface area contributed by atoms with Gasteiger partial charge in [0, 0.05) is 49.0 Å². The molecule has 4 rings (SSSR count). The average molecular weight is 497 g/mol. The highest BCUT2D eigenvalue weighted by Gasteiger charge is 2.34. The number of urea groups is 1. The molecule has 8 nitrogen and oxygen atoms in total. The molecule has 0 spiro atoms. The van der Waals surface area contributed by atoms with Crippen LogP contribution in [0.4, 0.5) is 10.5 Å². The Balaban J connectivity index is 1.52. The van der Waals surface area contributed by atoms with E-state index in [1.54, 1.807) is 25.8 Å². The maximum Gasteiger partial charge on any atom is 0.338 e. The van der Waals surface area contributed by atoms with Crippen molar-refractivity contribution in [3.05, 3.63) is 65.4 Å². The second-order valence-electron chi connectivity index (χ2n) is 8.38. The van der Waals surface area contributed by atoms with Gasteiger partial charge in [0.05, 0.1) is 25.3 Å². The molecule has 1 fully saturated rings. The fourth-order valence-electron chi connectivity index (χ4n) is 4.42. The highest BCUT2D eigenvalue weighted by Crippen LogP contribution is 2.30. The monoisotopic (exact) mass is 496 g/mol. The van der Waals surface area contributed by atoms with Crippen molar-refractivity contribution in [1.82, 2.24) is 15.5 Å². The van der Waals surface area contributed by atoms with Gasteiger partial charge in [0.15, 0.2) is 0 Å². The molecule has 0 radical (unpaired) electrons. The lowest BCUT2D eigenvalue weighted by Crippen LogP contribution is -2.51. The van der Waals surface area contributed by atoms with Crippen LogP contribution >= 0.6 is 11.8 Å². The first-order valence-electron chi connectivity index (χ1n) is 11.7. The summed E-state index contributed by atoms with van der Waals surface area (Å²) in [4.78, 5) is 31.3. The molecule has 1 saturated heterocycles. The van der Waals surface area contributed by atoms with E-state index in [4.69, 9.17) is 9.47 Å². The number of piperazine rings is 1. The Morgan fingerprint density at radius 3 is 2.34 bits per heavy atom. The van der Waals surface area contributed by atoms with Gasteiger partial charge in [-0.2, -0.15) is 0 Å². The van der Waals surface area contributed by atoms with Crippen molar-refractivity contribution in [2.45, 2.75) is 17.9 Å². The topological polar surface area (TPSA) is 83.1 Å². The van der Waals surface area contributed by atoms with Crippen molar-refractivity contribution in [3.8, 4) is 5.75 Å². The van der Waals surface area contributed by atoms with Gasteiger partial charge < -0.3 is 25.0 Å². The second kappa shape index (κ2) is 11.5. The first kappa shape index (κ1) is 24.9. The maximum absolute atomic E-state index is 13.0. The maximum atomic E-state index is 13.0. The van der Waals surface area contributed by atoms with Crippen LogP contribution < -0.4 is 20.3 Å². The molecule has 0 aromatic heterocycles. The van der Waals surface area contributed by atoms with Gasteiger partial charge in [0.2, 0.25) is 0 Å². The number of anilines is 1. The van der Waals surface area contributed by atoms with Crippen LogP contribution in [0.3, 0.4) is 0 Å². The molecule has 0 unspecified atom stereocenters. The fourth-order valence-corrected chi connectivity index (χ4v) is 4.83. The number of amides is 2. The Labute approximate surface area is 210 Å². The first-order valence-corrected chi connectivity index (χ1v) is 13.0. The van der Waals surface area contributed by atoms with Crippen LogP contribution in [0.2, 0.25) is 0 Å². The Bertz CT molecular complexity index is 1060. The molecule has 9 heteroatoms. The third kappa shape index (κ3) is 5.91. The van der Waals surface area contributed by atoms with Crippen LogP contribution in [0.1, 0.15) is 18.5 Å². The molecule has 2 aromatic rings. The molecule has 2 aromatic carbocycles. The Kier molecular flexibility index (Phi) is 8.20. The summed E-state index contributed by atoms with van der Waals surface area (Å²) < 4.78 is 10.7. The first-order chi connectivity index (χ1) is 17.0. The Hall–Kier alpha value is -3.17. The number of methoxy groups -OCH3 is 1. The summed E-state index contributed by atoms with van der Waals surface area (Å²) in [7, 11) is 1.66. The van der Waals surface area contributed by atoms with E-state index in [9.17, 15) is 9.59 Å². The van der Waals surface area contributed by atoms with E-state index in [0.717, 1.165) is 48.1 Å². The zero-order valence-electron chi connectivity index (χ0n) is 20.4. The highest BCUT2D eigenvalue weighted by atomic mass is 32.2. The number of nitrogens with zero attached hydrogens (tertiary/aromatic N) is 2. The summed E-state index contributed by atoms with van der Waals surface area (Å²) in [6, 6.07) is 15.1. The van der Waals surface area contributed by atoms with Crippen molar-refractivity contribution in [2.24, 2.45) is 0 Å². The van der Waals surface area contributed by atoms with Gasteiger partial charge in [0.1, 0.15) is 5.75 Å². The van der Waals surface area contributed by atoms with E-state index in [1.165, 1.54) is 0 Å². The number of benzene rings is 2. The van der Waals surface area contributed by atoms with Gasteiger partial charge in [-0.1, -0.05) is 12.1 Å². The van der Waals surface area contributed by atoms with Gasteiger partial charge in [-0.3, -0.25) is 4.90 Å². The third-order valence-corrected chi connectivity index (χ3v) is 7.03. The molecule has 1 atom stereocenters. The van der Waals surface area contributed by atoms with Gasteiger partial charge in [-0.05, 0) is 55.1 Å². The lowest BCUT2D eigenvalue weighted by atomic mass is 9.95. The van der Waals surface area contributed by atoms with E-state index < -0.39 is 12.0 Å². The molecule has 2 N–H and O–H groups in total. The summed E-state index contributed by atoms with van der Waals surface area (Å²) in [5.41, 5.74) is 3.06. The minimum atomic E-state index is -0.561. The molecule has 35 heavy (non-hydrogen) atoms. The minimum absolute atomic E-state index is 0.266. The zero-order chi connectivity index (χ0) is 24.8. The smallest absolute Gasteiger partial charge is 0.338 e. The molecule has 2 amide bonds. The number of nitrogens with one attached hydrogen (secondary N) is 2. The standard InChI is InChI=1S/C26H32N4O4S/c1-4-34-25(31)23-22(27-26(32)28-24(23)18-5-11-21(35-3)12-6-18)17-29-13-15-30(16-14-29)19-7-9-20(33-2)10-8-19/h5-12,24H,4,13-17H2,1-3H3,(H2,27,28,32)/t24-/m0/s1. The number of rotatable bonds is 8. The summed E-state index contributed by atoms with van der Waals surface area (Å²) in [6.45, 7) is 5.83. The van der Waals surface area contributed by atoms with Crippen LogP contribution in [0.25, 0.3) is 0 Å². The molecular formula is C26H32N4O4S. The number of carbonyl (C=O) groups is 2. The minimum Gasteiger partial charge on any atom is -0.497 e. The van der Waals surface area contributed by atoms with E-state index in [0.29, 0.717) is 17.8 Å². The molecule has 2 aliphatic heterocycles. The van der Waals surface area contributed by atoms with Crippen LogP contribution in [0.15, 0.2) is 64.7 Å². The second-order valence-corrected chi connectivity index (χ2v) is 9.26. The predicted octanol–water partition coefficient (Wildman–Crippen LogP) is 3.41. The van der Waals surface area contributed by atoms with Gasteiger partial charge >= 0.3 is 12.0 Å². The van der Waals surface area contributed by atoms with E-state index in [1.807, 2.05) is 42.7 Å². The van der Waals surface area contributed by atoms with Gasteiger partial charge in [-0.15, -0.1) is 11.8 Å². The molecule has 2 heterocycles. The SMILES string of the molecule is CCOC(=O)C1=C(CN2CCN(c3ccc(OC)cc3)CC2)NC(=O)N[C@H]1c1ccc(SC)cc1. The molecule has 186 valence electrons. The molecule has 0 aliphatic carbocycles. The Morgan fingerprint density at radius 2 is 1.74 bits per heavy atom. The van der Waals surface area contributed by atoms with E-state index >= 15 is 0 Å². The van der Waals surface area contributed by atoms with Crippen molar-refractivity contribution in [2.75, 3.05) is 57.6 Å². The van der Waals surface area contributed by atoms with Gasteiger partial charge in [-0.25, -0.2) is 9.59 Å². The van der Waals surface area contributed by atoms with E-state index in [2.05, 4.69) is 32.6 Å². The molecule has 2 aliphatic rings. The zero-order valence-corrected chi connectivity index (χ0v) is 21.2. The number of thioether (sulfide) groups is 1. The normalized spacial score (nSPS) is 18.7. The quantitative estimate of drug-likeness (QED) is 0.428. The van der Waals surface area contributed by atoms with Crippen molar-refractivity contribution in [1.29, 1.82) is 0 Å². The summed E-state index contributed by atoms with van der Waals surface area (Å²) in [6.07, 6.45) is 2.01. The van der Waals surface area contributed by atoms with Crippen LogP contribution in [-0.4, -0.2) is 69.6 Å². The number of esters is 1. The summed E-state index contributed by atoms with van der Waals surface area (Å²) >= 11 is 1.64. The van der Waals surface area contributed by atoms with E-state index in [-0.39, 0.29) is 12.6 Å². The fraction of sp³-hybridized carbons (Fsp3) is 0.385. The van der Waals surface area contributed by atoms with Crippen molar-refractivity contribution < 1.29 is 19.1 Å². The lowest BCUT2D eigenvalue weighted by Gasteiger charge is -2.38. The Morgan fingerprint density at radius 1 is 1.06 bits per heavy atom. The van der Waals surface area contributed by atoms with Crippen molar-refractivity contribution >= 4 is 29.4 Å². The lowest BCUT2D eigenvalue weighted by molar-refractivity contribution is -0.139. The predicted molar refractivity (Wildman–Crippen MR) is 138 cm³/mol. The summed E-state index contributed by atoms with van der Waals surface area (Å²) in [5, 5.41) is 5.80. The molecular weight excluding hydrogens is 464 g/mol. The van der Waals surface area contributed by atoms with Gasteiger partial charge in [0.25, 0.3) is 0 Å². The number of ether oxygens (including phenoxy) is 2. The highest BCUT2D eigenvalue weighted by molar-refractivity contribution is 7.98. The number of hydrogen-bond donors (Lipinski definition) is 2. The van der Waals surface area contributed by atoms with Crippen LogP contribution in [0, 0.1) is 0 Å². The number of carbonyl (C=O) groups excluding carboxylic acids is 2. The molecule has 0 saturated carbocycles. The third-order valence-electron chi connectivity index (χ3n) is 6.29. The summed E-state index contributed by atoms with van der Waals surface area (Å²) in [5.74, 6) is 0.427. The molecule has 0 bridgehead atoms.